The molecule has 0 bridgehead atoms. The second-order valence-corrected chi connectivity index (χ2v) is 5.24. The normalized spacial score (nSPS) is 12.3. The largest absolute Gasteiger partial charge is 1.00 e. The minimum atomic E-state index is -2.42. The van der Waals surface area contributed by atoms with E-state index in [-0.39, 0.29) is 51.4 Å². The summed E-state index contributed by atoms with van der Waals surface area (Å²) in [5, 5.41) is 0. The molecule has 0 fully saturated rings. The third kappa shape index (κ3) is 21.7. The summed E-state index contributed by atoms with van der Waals surface area (Å²) in [5.41, 5.74) is 0. The Labute approximate surface area is 163 Å². The molecule has 0 aromatic rings. The molecule has 0 N–H and O–H groups in total. The van der Waals surface area contributed by atoms with Gasteiger partial charge in [0.1, 0.15) is 11.4 Å². The number of unbranched alkanes of at least 4 members (excludes halogenated alkanes) is 10. The van der Waals surface area contributed by atoms with E-state index in [2.05, 4.69) is 11.1 Å². The summed E-state index contributed by atoms with van der Waals surface area (Å²) in [6.45, 7) is 2.24. The Hall–Kier alpha value is 1.29. The second-order valence-electron chi connectivity index (χ2n) is 4.64. The van der Waals surface area contributed by atoms with Crippen molar-refractivity contribution in [1.29, 1.82) is 0 Å². The maximum absolute atomic E-state index is 10.0. The predicted molar refractivity (Wildman–Crippen MR) is 75.6 cm³/mol. The Balaban J connectivity index is 0. The van der Waals surface area contributed by atoms with Gasteiger partial charge in [0.2, 0.25) is 0 Å². The van der Waals surface area contributed by atoms with Gasteiger partial charge in [-0.3, -0.25) is 0 Å². The number of hydrogen-bond acceptors (Lipinski definition) is 3. The molecule has 0 aromatic carbocycles. The Morgan fingerprint density at radius 2 is 1.42 bits per heavy atom. The van der Waals surface area contributed by atoms with Crippen LogP contribution in [0.4, 0.5) is 0 Å². The molecule has 1 atom stereocenters. The average molecular weight is 315 g/mol. The SMILES string of the molecule is CCCCCCCCCCCCC=COS(=O)[O-].[K+]. The van der Waals surface area contributed by atoms with Crippen molar-refractivity contribution in [3.8, 4) is 0 Å². The zero-order valence-electron chi connectivity index (χ0n) is 12.6. The number of rotatable bonds is 13. The molecule has 108 valence electrons. The molecule has 0 aromatic heterocycles. The van der Waals surface area contributed by atoms with Crippen LogP contribution < -0.4 is 51.4 Å². The first-order valence-corrected chi connectivity index (χ1v) is 8.18. The smallest absolute Gasteiger partial charge is 0.740 e. The van der Waals surface area contributed by atoms with Gasteiger partial charge in [0, 0.05) is 0 Å². The van der Waals surface area contributed by atoms with Crippen molar-refractivity contribution in [3.63, 3.8) is 0 Å². The van der Waals surface area contributed by atoms with Gasteiger partial charge in [0.05, 0.1) is 6.26 Å². The van der Waals surface area contributed by atoms with Crippen molar-refractivity contribution < 1.29 is 64.3 Å². The molecule has 0 saturated carbocycles. The molecule has 0 aliphatic rings. The second kappa shape index (κ2) is 19.3. The van der Waals surface area contributed by atoms with Gasteiger partial charge in [0.15, 0.2) is 0 Å². The summed E-state index contributed by atoms with van der Waals surface area (Å²) >= 11 is -2.42. The standard InChI is InChI=1S/C14H28O3S.K/c1-2-3-4-5-6-7-8-9-10-11-12-13-14-17-18(15)16;/h13-14H,2-12H2,1H3,(H,15,16);/q;+1/p-1. The van der Waals surface area contributed by atoms with Crippen molar-refractivity contribution in [3.05, 3.63) is 12.3 Å². The predicted octanol–water partition coefficient (Wildman–Crippen LogP) is 1.63. The van der Waals surface area contributed by atoms with Gasteiger partial charge in [-0.2, -0.15) is 0 Å². The molecule has 19 heavy (non-hydrogen) atoms. The Bertz CT molecular complexity index is 223. The van der Waals surface area contributed by atoms with E-state index < -0.39 is 11.4 Å². The Morgan fingerprint density at radius 3 is 1.89 bits per heavy atom. The van der Waals surface area contributed by atoms with Crippen LogP contribution in [-0.4, -0.2) is 8.76 Å². The fourth-order valence-electron chi connectivity index (χ4n) is 1.90. The number of hydrogen-bond donors (Lipinski definition) is 0. The van der Waals surface area contributed by atoms with Gasteiger partial charge in [-0.1, -0.05) is 64.7 Å². The topological polar surface area (TPSA) is 49.4 Å². The molecule has 0 aliphatic carbocycles. The van der Waals surface area contributed by atoms with Gasteiger partial charge in [-0.25, -0.2) is 4.21 Å². The van der Waals surface area contributed by atoms with E-state index >= 15 is 0 Å². The minimum absolute atomic E-state index is 0. The molecule has 3 nitrogen and oxygen atoms in total. The van der Waals surface area contributed by atoms with Crippen LogP contribution in [0.1, 0.15) is 77.6 Å². The van der Waals surface area contributed by atoms with Gasteiger partial charge in [-0.05, 0) is 18.9 Å². The van der Waals surface area contributed by atoms with E-state index in [9.17, 15) is 8.76 Å². The first-order chi connectivity index (χ1) is 8.77. The third-order valence-corrected chi connectivity index (χ3v) is 3.22. The van der Waals surface area contributed by atoms with Crippen molar-refractivity contribution in [2.75, 3.05) is 0 Å². The molecule has 0 rings (SSSR count). The van der Waals surface area contributed by atoms with Crippen LogP contribution in [-0.2, 0) is 15.5 Å². The van der Waals surface area contributed by atoms with E-state index in [1.807, 2.05) is 0 Å². The van der Waals surface area contributed by atoms with E-state index in [4.69, 9.17) is 0 Å². The van der Waals surface area contributed by atoms with Crippen molar-refractivity contribution in [1.82, 2.24) is 0 Å². The molecule has 0 aliphatic heterocycles. The van der Waals surface area contributed by atoms with Crippen LogP contribution in [0.3, 0.4) is 0 Å². The Morgan fingerprint density at radius 1 is 0.947 bits per heavy atom. The molecular formula is C14H27KO3S. The first kappa shape index (κ1) is 22.6. The van der Waals surface area contributed by atoms with Crippen LogP contribution in [0.25, 0.3) is 0 Å². The molecule has 0 radical (unpaired) electrons. The van der Waals surface area contributed by atoms with Crippen LogP contribution in [0.2, 0.25) is 0 Å². The fraction of sp³-hybridized carbons (Fsp3) is 0.857. The number of allylic oxidation sites excluding steroid dienone is 1. The van der Waals surface area contributed by atoms with Crippen molar-refractivity contribution in [2.45, 2.75) is 77.6 Å². The summed E-state index contributed by atoms with van der Waals surface area (Å²) in [5.74, 6) is 0. The molecular weight excluding hydrogens is 287 g/mol. The molecule has 0 spiro atoms. The summed E-state index contributed by atoms with van der Waals surface area (Å²) in [6.07, 6.45) is 17.1. The molecule has 0 heterocycles. The van der Waals surface area contributed by atoms with E-state index in [0.717, 1.165) is 12.8 Å². The van der Waals surface area contributed by atoms with Crippen molar-refractivity contribution >= 4 is 11.4 Å². The maximum atomic E-state index is 10.0. The first-order valence-electron chi connectivity index (χ1n) is 7.18. The van der Waals surface area contributed by atoms with Gasteiger partial charge in [-0.15, -0.1) is 0 Å². The third-order valence-electron chi connectivity index (χ3n) is 2.95. The summed E-state index contributed by atoms with van der Waals surface area (Å²) in [6, 6.07) is 0. The van der Waals surface area contributed by atoms with Crippen LogP contribution in [0.5, 0.6) is 0 Å². The van der Waals surface area contributed by atoms with Crippen LogP contribution >= 0.6 is 0 Å². The quantitative estimate of drug-likeness (QED) is 0.225. The van der Waals surface area contributed by atoms with Crippen LogP contribution in [0.15, 0.2) is 12.3 Å². The zero-order valence-corrected chi connectivity index (χ0v) is 16.5. The minimum Gasteiger partial charge on any atom is -0.740 e. The zero-order chi connectivity index (χ0) is 13.5. The van der Waals surface area contributed by atoms with Gasteiger partial charge < -0.3 is 8.74 Å². The van der Waals surface area contributed by atoms with Gasteiger partial charge >= 0.3 is 51.4 Å². The molecule has 5 heteroatoms. The monoisotopic (exact) mass is 314 g/mol. The molecule has 0 saturated heterocycles. The summed E-state index contributed by atoms with van der Waals surface area (Å²) < 4.78 is 24.3. The molecule has 0 amide bonds. The van der Waals surface area contributed by atoms with E-state index in [0.29, 0.717) is 0 Å². The Kier molecular flexibility index (Phi) is 22.9. The van der Waals surface area contributed by atoms with Crippen molar-refractivity contribution in [2.24, 2.45) is 0 Å². The van der Waals surface area contributed by atoms with Crippen LogP contribution in [0, 0.1) is 0 Å². The summed E-state index contributed by atoms with van der Waals surface area (Å²) in [7, 11) is 0. The molecule has 1 unspecified atom stereocenters. The average Bonchev–Trinajstić information content (AvgIpc) is 2.34. The van der Waals surface area contributed by atoms with Gasteiger partial charge in [0.25, 0.3) is 0 Å². The van der Waals surface area contributed by atoms with E-state index in [1.165, 1.54) is 64.0 Å². The summed E-state index contributed by atoms with van der Waals surface area (Å²) in [4.78, 5) is 0. The van der Waals surface area contributed by atoms with E-state index in [1.54, 1.807) is 6.08 Å². The fourth-order valence-corrected chi connectivity index (χ4v) is 2.07. The maximum Gasteiger partial charge on any atom is 1.00 e.